The molecule has 0 aliphatic carbocycles. The van der Waals surface area contributed by atoms with E-state index in [9.17, 15) is 8.78 Å². The van der Waals surface area contributed by atoms with Gasteiger partial charge >= 0.3 is 0 Å². The number of nitrogens with two attached hydrogens (primary N) is 1. The highest BCUT2D eigenvalue weighted by atomic mass is 127. The average Bonchev–Trinajstić information content (AvgIpc) is 2.27. The second-order valence-electron chi connectivity index (χ2n) is 4.29. The summed E-state index contributed by atoms with van der Waals surface area (Å²) in [5.41, 5.74) is 5.51. The molecule has 2 heterocycles. The van der Waals surface area contributed by atoms with Crippen molar-refractivity contribution in [1.29, 1.82) is 0 Å². The van der Waals surface area contributed by atoms with Gasteiger partial charge < -0.3 is 10.6 Å². The Bertz CT molecular complexity index is 384. The Morgan fingerprint density at radius 1 is 1.41 bits per heavy atom. The van der Waals surface area contributed by atoms with E-state index >= 15 is 0 Å². The van der Waals surface area contributed by atoms with Gasteiger partial charge in [0.1, 0.15) is 0 Å². The van der Waals surface area contributed by atoms with Gasteiger partial charge in [-0.15, -0.1) is 0 Å². The second-order valence-corrected chi connectivity index (χ2v) is 5.53. The zero-order valence-corrected chi connectivity index (χ0v) is 11.4. The molecule has 0 amide bonds. The molecule has 2 rings (SSSR count). The summed E-state index contributed by atoms with van der Waals surface area (Å²) in [5, 5.41) is 0. The topological polar surface area (TPSA) is 55.0 Å². The zero-order valence-electron chi connectivity index (χ0n) is 9.28. The normalized spacial score (nSPS) is 28.2. The van der Waals surface area contributed by atoms with E-state index in [0.717, 1.165) is 3.57 Å². The Labute approximate surface area is 112 Å². The van der Waals surface area contributed by atoms with Crippen LogP contribution in [0.15, 0.2) is 12.4 Å². The number of hydrogen-bond donors (Lipinski definition) is 1. The summed E-state index contributed by atoms with van der Waals surface area (Å²) in [4.78, 5) is 9.96. The highest BCUT2D eigenvalue weighted by Crippen LogP contribution is 2.33. The molecule has 0 saturated carbocycles. The fraction of sp³-hybridized carbons (Fsp3) is 0.600. The Morgan fingerprint density at radius 3 is 2.53 bits per heavy atom. The van der Waals surface area contributed by atoms with Crippen molar-refractivity contribution in [2.45, 2.75) is 18.9 Å². The number of halogens is 3. The number of aromatic nitrogens is 2. The SMILES string of the molecule is C[C@@H]1CN(c2ncc(I)cn2)C[C@H](N)C1(F)F. The van der Waals surface area contributed by atoms with Crippen LogP contribution in [0.5, 0.6) is 0 Å². The van der Waals surface area contributed by atoms with Gasteiger partial charge in [-0.1, -0.05) is 6.92 Å². The van der Waals surface area contributed by atoms with Crippen molar-refractivity contribution < 1.29 is 8.78 Å². The number of alkyl halides is 2. The highest BCUT2D eigenvalue weighted by Gasteiger charge is 2.48. The van der Waals surface area contributed by atoms with Gasteiger partial charge in [-0.05, 0) is 22.6 Å². The molecule has 0 spiro atoms. The van der Waals surface area contributed by atoms with Gasteiger partial charge in [-0.2, -0.15) is 0 Å². The summed E-state index contributed by atoms with van der Waals surface area (Å²) in [6.07, 6.45) is 3.32. The minimum absolute atomic E-state index is 0.0813. The molecule has 1 fully saturated rings. The number of piperidine rings is 1. The molecule has 1 aliphatic heterocycles. The van der Waals surface area contributed by atoms with Gasteiger partial charge in [0.05, 0.1) is 6.04 Å². The van der Waals surface area contributed by atoms with Gasteiger partial charge in [0.2, 0.25) is 5.95 Å². The molecule has 4 nitrogen and oxygen atoms in total. The predicted molar refractivity (Wildman–Crippen MR) is 69.0 cm³/mol. The Kier molecular flexibility index (Phi) is 3.48. The lowest BCUT2D eigenvalue weighted by Crippen LogP contribution is -2.60. The van der Waals surface area contributed by atoms with Crippen LogP contribution in [-0.2, 0) is 0 Å². The van der Waals surface area contributed by atoms with E-state index in [2.05, 4.69) is 32.6 Å². The first-order chi connectivity index (χ1) is 7.91. The van der Waals surface area contributed by atoms with Gasteiger partial charge in [0.15, 0.2) is 0 Å². The Balaban J connectivity index is 2.17. The number of hydrogen-bond acceptors (Lipinski definition) is 4. The summed E-state index contributed by atoms with van der Waals surface area (Å²) < 4.78 is 28.0. The van der Waals surface area contributed by atoms with E-state index in [1.165, 1.54) is 6.92 Å². The smallest absolute Gasteiger partial charge is 0.268 e. The maximum Gasteiger partial charge on any atom is 0.268 e. The molecule has 2 N–H and O–H groups in total. The van der Waals surface area contributed by atoms with Crippen molar-refractivity contribution in [2.24, 2.45) is 11.7 Å². The fourth-order valence-corrected chi connectivity index (χ4v) is 2.16. The molecule has 17 heavy (non-hydrogen) atoms. The fourth-order valence-electron chi connectivity index (χ4n) is 1.88. The van der Waals surface area contributed by atoms with Gasteiger partial charge in [-0.3, -0.25) is 0 Å². The molecule has 1 aliphatic rings. The van der Waals surface area contributed by atoms with Crippen molar-refractivity contribution in [1.82, 2.24) is 9.97 Å². The van der Waals surface area contributed by atoms with E-state index in [4.69, 9.17) is 5.73 Å². The minimum Gasteiger partial charge on any atom is -0.339 e. The van der Waals surface area contributed by atoms with Crippen LogP contribution in [0.2, 0.25) is 0 Å². The van der Waals surface area contributed by atoms with Crippen LogP contribution < -0.4 is 10.6 Å². The zero-order chi connectivity index (χ0) is 12.6. The molecule has 94 valence electrons. The van der Waals surface area contributed by atoms with Crippen molar-refractivity contribution in [3.05, 3.63) is 16.0 Å². The molecule has 2 atom stereocenters. The summed E-state index contributed by atoms with van der Waals surface area (Å²) in [7, 11) is 0. The van der Waals surface area contributed by atoms with E-state index in [0.29, 0.717) is 5.95 Å². The second kappa shape index (κ2) is 4.60. The number of anilines is 1. The maximum atomic E-state index is 13.6. The summed E-state index contributed by atoms with van der Waals surface area (Å²) in [6.45, 7) is 1.80. The molecule has 0 unspecified atom stereocenters. The van der Waals surface area contributed by atoms with Crippen molar-refractivity contribution >= 4 is 28.5 Å². The van der Waals surface area contributed by atoms with Crippen LogP contribution in [-0.4, -0.2) is 35.0 Å². The third-order valence-corrected chi connectivity index (χ3v) is 3.51. The van der Waals surface area contributed by atoms with Crippen LogP contribution >= 0.6 is 22.6 Å². The maximum absolute atomic E-state index is 13.6. The monoisotopic (exact) mass is 354 g/mol. The van der Waals surface area contributed by atoms with Crippen molar-refractivity contribution in [2.75, 3.05) is 18.0 Å². The first-order valence-electron chi connectivity index (χ1n) is 5.27. The van der Waals surface area contributed by atoms with E-state index in [1.807, 2.05) is 0 Å². The van der Waals surface area contributed by atoms with Crippen LogP contribution in [0.4, 0.5) is 14.7 Å². The lowest BCUT2D eigenvalue weighted by Gasteiger charge is -2.40. The molecule has 1 aromatic heterocycles. The number of rotatable bonds is 1. The van der Waals surface area contributed by atoms with Gasteiger partial charge in [0.25, 0.3) is 5.92 Å². The van der Waals surface area contributed by atoms with Crippen molar-refractivity contribution in [3.63, 3.8) is 0 Å². The molecule has 0 radical (unpaired) electrons. The van der Waals surface area contributed by atoms with Crippen LogP contribution in [0, 0.1) is 9.49 Å². The van der Waals surface area contributed by atoms with E-state index < -0.39 is 17.9 Å². The average molecular weight is 354 g/mol. The predicted octanol–water partition coefficient (Wildman–Crippen LogP) is 1.50. The van der Waals surface area contributed by atoms with Crippen molar-refractivity contribution in [3.8, 4) is 0 Å². The molecular weight excluding hydrogens is 341 g/mol. The Hall–Kier alpha value is -0.570. The summed E-state index contributed by atoms with van der Waals surface area (Å²) >= 11 is 2.09. The molecule has 1 aromatic rings. The number of nitrogens with zero attached hydrogens (tertiary/aromatic N) is 3. The molecular formula is C10H13F2IN4. The quantitative estimate of drug-likeness (QED) is 0.777. The third-order valence-electron chi connectivity index (χ3n) is 2.95. The van der Waals surface area contributed by atoms with E-state index in [1.54, 1.807) is 17.3 Å². The first kappa shape index (κ1) is 12.9. The highest BCUT2D eigenvalue weighted by molar-refractivity contribution is 14.1. The summed E-state index contributed by atoms with van der Waals surface area (Å²) in [6, 6.07) is -1.17. The first-order valence-corrected chi connectivity index (χ1v) is 6.35. The van der Waals surface area contributed by atoms with Crippen LogP contribution in [0.3, 0.4) is 0 Å². The lowest BCUT2D eigenvalue weighted by molar-refractivity contribution is -0.0808. The standard InChI is InChI=1S/C10H13F2IN4/c1-6-4-17(5-8(14)10(6,11)12)9-15-2-7(13)3-16-9/h2-3,6,8H,4-5,14H2,1H3/t6-,8+/m1/s1. The van der Waals surface area contributed by atoms with E-state index in [-0.39, 0.29) is 13.1 Å². The van der Waals surface area contributed by atoms with Crippen LogP contribution in [0.1, 0.15) is 6.92 Å². The molecule has 0 aromatic carbocycles. The van der Waals surface area contributed by atoms with Crippen LogP contribution in [0.25, 0.3) is 0 Å². The molecule has 1 saturated heterocycles. The third kappa shape index (κ3) is 2.49. The minimum atomic E-state index is -2.82. The van der Waals surface area contributed by atoms with Gasteiger partial charge in [-0.25, -0.2) is 18.7 Å². The van der Waals surface area contributed by atoms with Gasteiger partial charge in [0, 0.05) is 35.0 Å². The molecule has 7 heteroatoms. The molecule has 0 bridgehead atoms. The largest absolute Gasteiger partial charge is 0.339 e. The Morgan fingerprint density at radius 2 is 2.00 bits per heavy atom. The lowest BCUT2D eigenvalue weighted by atomic mass is 9.92. The summed E-state index contributed by atoms with van der Waals surface area (Å²) in [5.74, 6) is -3.16.